The van der Waals surface area contributed by atoms with Crippen molar-refractivity contribution in [2.45, 2.75) is 0 Å². The van der Waals surface area contributed by atoms with E-state index in [0.29, 0.717) is 23.8 Å². The second-order valence-electron chi connectivity index (χ2n) is 3.87. The Bertz CT molecular complexity index is 423. The van der Waals surface area contributed by atoms with Crippen LogP contribution in [0.1, 0.15) is 0 Å². The summed E-state index contributed by atoms with van der Waals surface area (Å²) in [5.41, 5.74) is 0.437. The number of anilines is 1. The second-order valence-corrected chi connectivity index (χ2v) is 4.66. The van der Waals surface area contributed by atoms with Crippen molar-refractivity contribution in [1.29, 1.82) is 0 Å². The molecular formula is C12H16Cl2N2O3. The van der Waals surface area contributed by atoms with Gasteiger partial charge in [0.25, 0.3) is 0 Å². The van der Waals surface area contributed by atoms with Crippen molar-refractivity contribution in [2.75, 3.05) is 38.2 Å². The summed E-state index contributed by atoms with van der Waals surface area (Å²) in [5.74, 6) is -0.286. The van der Waals surface area contributed by atoms with Gasteiger partial charge in [-0.25, -0.2) is 0 Å². The predicted octanol–water partition coefficient (Wildman–Crippen LogP) is 1.22. The fourth-order valence-electron chi connectivity index (χ4n) is 1.55. The van der Waals surface area contributed by atoms with Crippen molar-refractivity contribution in [2.24, 2.45) is 0 Å². The molecule has 0 saturated carbocycles. The van der Waals surface area contributed by atoms with E-state index < -0.39 is 0 Å². The van der Waals surface area contributed by atoms with E-state index in [1.807, 2.05) is 0 Å². The number of carbonyl (C=O) groups is 1. The second kappa shape index (κ2) is 8.35. The van der Waals surface area contributed by atoms with E-state index in [1.165, 1.54) is 0 Å². The van der Waals surface area contributed by atoms with Gasteiger partial charge in [0.05, 0.1) is 35.5 Å². The average molecular weight is 307 g/mol. The van der Waals surface area contributed by atoms with Gasteiger partial charge in [-0.2, -0.15) is 0 Å². The molecular weight excluding hydrogens is 291 g/mol. The molecule has 0 aliphatic heterocycles. The highest BCUT2D eigenvalue weighted by Gasteiger charge is 2.12. The fraction of sp³-hybridized carbons (Fsp3) is 0.417. The molecule has 0 fully saturated rings. The highest BCUT2D eigenvalue weighted by atomic mass is 35.5. The SMILES string of the molecule is O=C(CN(CCO)CCO)Nc1cccc(Cl)c1Cl. The van der Waals surface area contributed by atoms with Crippen molar-refractivity contribution in [3.63, 3.8) is 0 Å². The Hall–Kier alpha value is -0.850. The maximum atomic E-state index is 11.8. The first-order valence-electron chi connectivity index (χ1n) is 5.76. The molecule has 19 heavy (non-hydrogen) atoms. The Kier molecular flexibility index (Phi) is 7.12. The first-order valence-corrected chi connectivity index (χ1v) is 6.52. The number of amides is 1. The number of benzene rings is 1. The summed E-state index contributed by atoms with van der Waals surface area (Å²) in [6.45, 7) is 0.537. The molecule has 1 aromatic rings. The number of aliphatic hydroxyl groups excluding tert-OH is 2. The standard InChI is InChI=1S/C12H16Cl2N2O3/c13-9-2-1-3-10(12(9)14)15-11(19)8-16(4-6-17)5-7-18/h1-3,17-18H,4-8H2,(H,15,19). The summed E-state index contributed by atoms with van der Waals surface area (Å²) in [5, 5.41) is 21.0. The van der Waals surface area contributed by atoms with Gasteiger partial charge in [-0.1, -0.05) is 29.3 Å². The molecule has 0 bridgehead atoms. The van der Waals surface area contributed by atoms with Gasteiger partial charge in [0.15, 0.2) is 0 Å². The lowest BCUT2D eigenvalue weighted by Crippen LogP contribution is -2.37. The predicted molar refractivity (Wildman–Crippen MR) is 75.7 cm³/mol. The van der Waals surface area contributed by atoms with Gasteiger partial charge in [0.2, 0.25) is 5.91 Å². The van der Waals surface area contributed by atoms with Crippen LogP contribution in [-0.4, -0.2) is 53.9 Å². The molecule has 0 heterocycles. The Labute approximate surface area is 121 Å². The quantitative estimate of drug-likeness (QED) is 0.708. The van der Waals surface area contributed by atoms with Crippen LogP contribution in [0.15, 0.2) is 18.2 Å². The molecule has 7 heteroatoms. The molecule has 5 nitrogen and oxygen atoms in total. The normalized spacial score (nSPS) is 10.8. The number of rotatable bonds is 7. The maximum Gasteiger partial charge on any atom is 0.238 e. The highest BCUT2D eigenvalue weighted by Crippen LogP contribution is 2.29. The fourth-order valence-corrected chi connectivity index (χ4v) is 1.89. The summed E-state index contributed by atoms with van der Waals surface area (Å²) in [6.07, 6.45) is 0. The Morgan fingerprint density at radius 2 is 1.84 bits per heavy atom. The van der Waals surface area contributed by atoms with E-state index in [-0.39, 0.29) is 30.7 Å². The van der Waals surface area contributed by atoms with Crippen LogP contribution in [0.25, 0.3) is 0 Å². The molecule has 1 rings (SSSR count). The number of nitrogens with one attached hydrogen (secondary N) is 1. The average Bonchev–Trinajstić information content (AvgIpc) is 2.35. The summed E-state index contributed by atoms with van der Waals surface area (Å²) in [6, 6.07) is 4.96. The van der Waals surface area contributed by atoms with Crippen LogP contribution < -0.4 is 5.32 Å². The van der Waals surface area contributed by atoms with Gasteiger partial charge in [0.1, 0.15) is 0 Å². The minimum atomic E-state index is -0.286. The lowest BCUT2D eigenvalue weighted by atomic mass is 10.3. The smallest absolute Gasteiger partial charge is 0.238 e. The van der Waals surface area contributed by atoms with Crippen molar-refractivity contribution >= 4 is 34.8 Å². The topological polar surface area (TPSA) is 72.8 Å². The molecule has 0 unspecified atom stereocenters. The van der Waals surface area contributed by atoms with Crippen LogP contribution in [0.3, 0.4) is 0 Å². The highest BCUT2D eigenvalue weighted by molar-refractivity contribution is 6.43. The third-order valence-electron chi connectivity index (χ3n) is 2.43. The van der Waals surface area contributed by atoms with Gasteiger partial charge in [-0.3, -0.25) is 9.69 Å². The van der Waals surface area contributed by atoms with Crippen LogP contribution >= 0.6 is 23.2 Å². The van der Waals surface area contributed by atoms with Crippen molar-refractivity contribution < 1.29 is 15.0 Å². The van der Waals surface area contributed by atoms with Gasteiger partial charge in [-0.15, -0.1) is 0 Å². The lowest BCUT2D eigenvalue weighted by Gasteiger charge is -2.19. The van der Waals surface area contributed by atoms with Gasteiger partial charge < -0.3 is 15.5 Å². The molecule has 0 aromatic heterocycles. The van der Waals surface area contributed by atoms with Crippen LogP contribution in [0.2, 0.25) is 10.0 Å². The number of hydrogen-bond acceptors (Lipinski definition) is 4. The summed E-state index contributed by atoms with van der Waals surface area (Å²) >= 11 is 11.8. The molecule has 1 aromatic carbocycles. The van der Waals surface area contributed by atoms with E-state index in [9.17, 15) is 4.79 Å². The van der Waals surface area contributed by atoms with Crippen LogP contribution in [-0.2, 0) is 4.79 Å². The molecule has 0 atom stereocenters. The number of hydrogen-bond donors (Lipinski definition) is 3. The van der Waals surface area contributed by atoms with Gasteiger partial charge in [-0.05, 0) is 12.1 Å². The zero-order valence-electron chi connectivity index (χ0n) is 10.3. The molecule has 0 aliphatic rings. The van der Waals surface area contributed by atoms with E-state index in [0.717, 1.165) is 0 Å². The summed E-state index contributed by atoms with van der Waals surface area (Å²) < 4.78 is 0. The molecule has 0 spiro atoms. The number of nitrogens with zero attached hydrogens (tertiary/aromatic N) is 1. The minimum absolute atomic E-state index is 0.0595. The van der Waals surface area contributed by atoms with Crippen LogP contribution in [0.5, 0.6) is 0 Å². The van der Waals surface area contributed by atoms with Crippen molar-refractivity contribution in [1.82, 2.24) is 4.90 Å². The maximum absolute atomic E-state index is 11.8. The monoisotopic (exact) mass is 306 g/mol. The molecule has 0 radical (unpaired) electrons. The van der Waals surface area contributed by atoms with Crippen molar-refractivity contribution in [3.8, 4) is 0 Å². The van der Waals surface area contributed by atoms with Gasteiger partial charge in [0, 0.05) is 13.1 Å². The molecule has 106 valence electrons. The Morgan fingerprint density at radius 3 is 2.42 bits per heavy atom. The van der Waals surface area contributed by atoms with E-state index in [2.05, 4.69) is 5.32 Å². The number of aliphatic hydroxyl groups is 2. The Balaban J connectivity index is 2.61. The third-order valence-corrected chi connectivity index (χ3v) is 3.24. The molecule has 1 amide bonds. The zero-order valence-corrected chi connectivity index (χ0v) is 11.8. The molecule has 0 saturated heterocycles. The first kappa shape index (κ1) is 16.2. The van der Waals surface area contributed by atoms with Crippen molar-refractivity contribution in [3.05, 3.63) is 28.2 Å². The summed E-state index contributed by atoms with van der Waals surface area (Å²) in [4.78, 5) is 13.5. The number of carbonyl (C=O) groups excluding carboxylic acids is 1. The number of halogens is 2. The third kappa shape index (κ3) is 5.34. The van der Waals surface area contributed by atoms with E-state index in [1.54, 1.807) is 23.1 Å². The lowest BCUT2D eigenvalue weighted by molar-refractivity contribution is -0.117. The van der Waals surface area contributed by atoms with Crippen LogP contribution in [0.4, 0.5) is 5.69 Å². The van der Waals surface area contributed by atoms with Gasteiger partial charge >= 0.3 is 0 Å². The van der Waals surface area contributed by atoms with E-state index >= 15 is 0 Å². The van der Waals surface area contributed by atoms with Crippen LogP contribution in [0, 0.1) is 0 Å². The summed E-state index contributed by atoms with van der Waals surface area (Å²) in [7, 11) is 0. The molecule has 0 aliphatic carbocycles. The first-order chi connectivity index (χ1) is 9.08. The zero-order chi connectivity index (χ0) is 14.3. The largest absolute Gasteiger partial charge is 0.395 e. The van der Waals surface area contributed by atoms with E-state index in [4.69, 9.17) is 33.4 Å². The minimum Gasteiger partial charge on any atom is -0.395 e. The molecule has 3 N–H and O–H groups in total. The Morgan fingerprint density at radius 1 is 1.21 bits per heavy atom.